The van der Waals surface area contributed by atoms with E-state index >= 15 is 0 Å². The Labute approximate surface area is 152 Å². The van der Waals surface area contributed by atoms with E-state index in [0.717, 1.165) is 16.7 Å². The van der Waals surface area contributed by atoms with Crippen molar-refractivity contribution in [3.05, 3.63) is 83.9 Å². The molecule has 0 heterocycles. The third-order valence-electron chi connectivity index (χ3n) is 3.92. The van der Waals surface area contributed by atoms with Crippen molar-refractivity contribution in [3.63, 3.8) is 0 Å². The van der Waals surface area contributed by atoms with Gasteiger partial charge in [-0.1, -0.05) is 36.4 Å². The van der Waals surface area contributed by atoms with Crippen molar-refractivity contribution in [1.29, 1.82) is 5.26 Å². The van der Waals surface area contributed by atoms with Crippen LogP contribution in [0.2, 0.25) is 0 Å². The molecule has 0 saturated carbocycles. The molecule has 128 valence electrons. The highest BCUT2D eigenvalue weighted by Gasteiger charge is 2.08. The summed E-state index contributed by atoms with van der Waals surface area (Å²) in [5.74, 6) is 0.877. The largest absolute Gasteiger partial charge is 0.497 e. The van der Waals surface area contributed by atoms with Gasteiger partial charge in [-0.05, 0) is 53.1 Å². The minimum atomic E-state index is -0.329. The number of ether oxygens (including phenoxy) is 2. The summed E-state index contributed by atoms with van der Waals surface area (Å²) in [5.41, 5.74) is 3.45. The van der Waals surface area contributed by atoms with E-state index in [1.165, 1.54) is 0 Å². The van der Waals surface area contributed by atoms with E-state index in [1.807, 2.05) is 48.5 Å². The van der Waals surface area contributed by atoms with Crippen LogP contribution in [-0.2, 0) is 11.2 Å². The Morgan fingerprint density at radius 2 is 1.58 bits per heavy atom. The third-order valence-corrected chi connectivity index (χ3v) is 3.92. The number of methoxy groups -OCH3 is 1. The monoisotopic (exact) mass is 343 g/mol. The van der Waals surface area contributed by atoms with Gasteiger partial charge in [0.25, 0.3) is 0 Å². The molecule has 0 N–H and O–H groups in total. The first-order valence-corrected chi connectivity index (χ1v) is 8.12. The van der Waals surface area contributed by atoms with Crippen molar-refractivity contribution in [2.45, 2.75) is 6.42 Å². The van der Waals surface area contributed by atoms with Gasteiger partial charge in [0.05, 0.1) is 25.2 Å². The van der Waals surface area contributed by atoms with Crippen LogP contribution in [-0.4, -0.2) is 13.1 Å². The van der Waals surface area contributed by atoms with Crippen LogP contribution >= 0.6 is 0 Å². The van der Waals surface area contributed by atoms with Crippen LogP contribution in [0.3, 0.4) is 0 Å². The number of benzene rings is 3. The summed E-state index contributed by atoms with van der Waals surface area (Å²) in [6.45, 7) is 0. The number of carbonyl (C=O) groups excluding carboxylic acids is 1. The Balaban J connectivity index is 1.64. The van der Waals surface area contributed by atoms with Crippen LogP contribution in [0.4, 0.5) is 0 Å². The molecule has 0 unspecified atom stereocenters. The molecule has 0 aliphatic rings. The van der Waals surface area contributed by atoms with E-state index in [9.17, 15) is 4.79 Å². The summed E-state index contributed by atoms with van der Waals surface area (Å²) in [6.07, 6.45) is 0.175. The molecule has 0 aromatic heterocycles. The minimum Gasteiger partial charge on any atom is -0.497 e. The van der Waals surface area contributed by atoms with Gasteiger partial charge in [0.1, 0.15) is 11.5 Å². The molecule has 0 saturated heterocycles. The third kappa shape index (κ3) is 4.28. The molecule has 0 aliphatic heterocycles. The molecule has 4 heteroatoms. The topological polar surface area (TPSA) is 59.3 Å². The van der Waals surface area contributed by atoms with E-state index in [-0.39, 0.29) is 12.4 Å². The number of nitrogens with zero attached hydrogens (tertiary/aromatic N) is 1. The minimum absolute atomic E-state index is 0.175. The van der Waals surface area contributed by atoms with E-state index in [1.54, 1.807) is 31.4 Å². The van der Waals surface area contributed by atoms with Crippen molar-refractivity contribution < 1.29 is 14.3 Å². The maximum atomic E-state index is 12.1. The first kappa shape index (κ1) is 17.2. The van der Waals surface area contributed by atoms with Crippen molar-refractivity contribution in [2.75, 3.05) is 7.11 Å². The number of nitriles is 1. The van der Waals surface area contributed by atoms with Gasteiger partial charge in [0, 0.05) is 0 Å². The quantitative estimate of drug-likeness (QED) is 0.509. The van der Waals surface area contributed by atoms with Crippen LogP contribution in [0.5, 0.6) is 11.5 Å². The van der Waals surface area contributed by atoms with Gasteiger partial charge in [-0.15, -0.1) is 0 Å². The molecule has 0 aliphatic carbocycles. The molecule has 0 amide bonds. The summed E-state index contributed by atoms with van der Waals surface area (Å²) in [6, 6.07) is 24.1. The van der Waals surface area contributed by atoms with Crippen LogP contribution in [0.25, 0.3) is 11.1 Å². The van der Waals surface area contributed by atoms with Crippen LogP contribution in [0, 0.1) is 11.3 Å². The Morgan fingerprint density at radius 3 is 2.19 bits per heavy atom. The summed E-state index contributed by atoms with van der Waals surface area (Å²) in [5, 5.41) is 8.85. The highest BCUT2D eigenvalue weighted by molar-refractivity contribution is 5.75. The number of carbonyl (C=O) groups is 1. The average molecular weight is 343 g/mol. The van der Waals surface area contributed by atoms with Crippen molar-refractivity contribution in [1.82, 2.24) is 0 Å². The molecule has 0 radical (unpaired) electrons. The highest BCUT2D eigenvalue weighted by Crippen LogP contribution is 2.23. The molecule has 0 bridgehead atoms. The Morgan fingerprint density at radius 1 is 0.923 bits per heavy atom. The van der Waals surface area contributed by atoms with Crippen LogP contribution < -0.4 is 9.47 Å². The summed E-state index contributed by atoms with van der Waals surface area (Å²) in [4.78, 5) is 12.1. The van der Waals surface area contributed by atoms with Crippen LogP contribution in [0.15, 0.2) is 72.8 Å². The number of esters is 1. The molecule has 26 heavy (non-hydrogen) atoms. The molecule has 0 fully saturated rings. The van der Waals surface area contributed by atoms with Gasteiger partial charge in [-0.2, -0.15) is 5.26 Å². The second kappa shape index (κ2) is 8.00. The molecule has 4 nitrogen and oxygen atoms in total. The summed E-state index contributed by atoms with van der Waals surface area (Å²) >= 11 is 0. The van der Waals surface area contributed by atoms with Gasteiger partial charge in [-0.3, -0.25) is 4.79 Å². The molecule has 3 rings (SSSR count). The molecular formula is C22H17NO3. The van der Waals surface area contributed by atoms with Crippen molar-refractivity contribution >= 4 is 5.97 Å². The lowest BCUT2D eigenvalue weighted by Crippen LogP contribution is -2.11. The molecule has 3 aromatic rings. The molecule has 0 spiro atoms. The number of hydrogen-bond acceptors (Lipinski definition) is 4. The highest BCUT2D eigenvalue weighted by atomic mass is 16.5. The fourth-order valence-corrected chi connectivity index (χ4v) is 2.57. The summed E-state index contributed by atoms with van der Waals surface area (Å²) < 4.78 is 10.6. The Hall–Kier alpha value is -3.58. The van der Waals surface area contributed by atoms with Gasteiger partial charge in [0.2, 0.25) is 0 Å². The van der Waals surface area contributed by atoms with Gasteiger partial charge in [0.15, 0.2) is 0 Å². The second-order valence-electron chi connectivity index (χ2n) is 5.72. The van der Waals surface area contributed by atoms with Gasteiger partial charge in [-0.25, -0.2) is 0 Å². The first-order valence-electron chi connectivity index (χ1n) is 8.12. The normalized spacial score (nSPS) is 10.0. The van der Waals surface area contributed by atoms with E-state index in [0.29, 0.717) is 17.1 Å². The smallest absolute Gasteiger partial charge is 0.315 e. The maximum absolute atomic E-state index is 12.1. The second-order valence-corrected chi connectivity index (χ2v) is 5.72. The standard InChI is InChI=1S/C22H17NO3/c1-25-21-4-2-3-17(13-21)14-22(24)26-20-11-9-19(10-12-20)18-7-5-16(15-23)6-8-18/h2-13H,14H2,1H3. The molecule has 0 atom stereocenters. The van der Waals surface area contributed by atoms with E-state index < -0.39 is 0 Å². The number of rotatable bonds is 5. The predicted octanol–water partition coefficient (Wildman–Crippen LogP) is 4.38. The Kier molecular flexibility index (Phi) is 5.31. The lowest BCUT2D eigenvalue weighted by Gasteiger charge is -2.07. The maximum Gasteiger partial charge on any atom is 0.315 e. The molecule has 3 aromatic carbocycles. The lowest BCUT2D eigenvalue weighted by molar-refractivity contribution is -0.133. The molecular weight excluding hydrogens is 326 g/mol. The lowest BCUT2D eigenvalue weighted by atomic mass is 10.0. The zero-order valence-corrected chi connectivity index (χ0v) is 14.3. The Bertz CT molecular complexity index is 938. The number of hydrogen-bond donors (Lipinski definition) is 0. The first-order chi connectivity index (χ1) is 12.7. The van der Waals surface area contributed by atoms with E-state index in [4.69, 9.17) is 14.7 Å². The fraction of sp³-hybridized carbons (Fsp3) is 0.0909. The summed E-state index contributed by atoms with van der Waals surface area (Å²) in [7, 11) is 1.59. The van der Waals surface area contributed by atoms with E-state index in [2.05, 4.69) is 6.07 Å². The van der Waals surface area contributed by atoms with Crippen molar-refractivity contribution in [3.8, 4) is 28.7 Å². The van der Waals surface area contributed by atoms with Gasteiger partial charge < -0.3 is 9.47 Å². The van der Waals surface area contributed by atoms with Crippen molar-refractivity contribution in [2.24, 2.45) is 0 Å². The SMILES string of the molecule is COc1cccc(CC(=O)Oc2ccc(-c3ccc(C#N)cc3)cc2)c1. The van der Waals surface area contributed by atoms with Crippen LogP contribution in [0.1, 0.15) is 11.1 Å². The fourth-order valence-electron chi connectivity index (χ4n) is 2.57. The zero-order chi connectivity index (χ0) is 18.4. The average Bonchev–Trinajstić information content (AvgIpc) is 2.69. The predicted molar refractivity (Wildman–Crippen MR) is 98.9 cm³/mol. The van der Waals surface area contributed by atoms with Gasteiger partial charge >= 0.3 is 5.97 Å². The zero-order valence-electron chi connectivity index (χ0n) is 14.3.